The Morgan fingerprint density at radius 2 is 2.00 bits per heavy atom. The van der Waals surface area contributed by atoms with Gasteiger partial charge in [0.25, 0.3) is 5.91 Å². The fourth-order valence-electron chi connectivity index (χ4n) is 2.76. The van der Waals surface area contributed by atoms with E-state index in [1.165, 1.54) is 0 Å². The summed E-state index contributed by atoms with van der Waals surface area (Å²) < 4.78 is 0. The van der Waals surface area contributed by atoms with Crippen molar-refractivity contribution in [1.29, 1.82) is 0 Å². The number of aliphatic imine (C=N–C) groups is 1. The van der Waals surface area contributed by atoms with E-state index in [2.05, 4.69) is 11.9 Å². The molecule has 2 heterocycles. The van der Waals surface area contributed by atoms with E-state index in [4.69, 9.17) is 5.10 Å². The average Bonchev–Trinajstić information content (AvgIpc) is 2.85. The number of unbranched alkanes of at least 4 members (excludes halogenated alkanes) is 1. The van der Waals surface area contributed by atoms with Crippen LogP contribution in [-0.2, 0) is 4.79 Å². The molecule has 21 heavy (non-hydrogen) atoms. The molecule has 3 rings (SSSR count). The van der Waals surface area contributed by atoms with Gasteiger partial charge in [-0.2, -0.15) is 5.10 Å². The highest BCUT2D eigenvalue weighted by Crippen LogP contribution is 2.35. The first-order valence-electron chi connectivity index (χ1n) is 7.44. The predicted molar refractivity (Wildman–Crippen MR) is 85.6 cm³/mol. The highest BCUT2D eigenvalue weighted by molar-refractivity contribution is 6.17. The van der Waals surface area contributed by atoms with Gasteiger partial charge in [-0.25, -0.2) is 10.0 Å². The van der Waals surface area contributed by atoms with E-state index >= 15 is 0 Å². The topological polar surface area (TPSA) is 45.0 Å². The second kappa shape index (κ2) is 5.64. The smallest absolute Gasteiger partial charge is 0.260 e. The minimum Gasteiger partial charge on any atom is -0.271 e. The number of anilines is 1. The number of carbonyl (C=O) groups is 1. The summed E-state index contributed by atoms with van der Waals surface area (Å²) in [7, 11) is 0. The van der Waals surface area contributed by atoms with E-state index in [1.54, 1.807) is 0 Å². The van der Waals surface area contributed by atoms with Gasteiger partial charge in [0.05, 0.1) is 17.1 Å². The van der Waals surface area contributed by atoms with Crippen molar-refractivity contribution < 1.29 is 4.79 Å². The summed E-state index contributed by atoms with van der Waals surface area (Å²) in [5.74, 6) is -0.376. The number of hydrogen-bond acceptors (Lipinski definition) is 3. The molecule has 1 amide bonds. The molecule has 108 valence electrons. The highest BCUT2D eigenvalue weighted by atomic mass is 16.1. The van der Waals surface area contributed by atoms with Crippen LogP contribution in [0.3, 0.4) is 0 Å². The van der Waals surface area contributed by atoms with Crippen LogP contribution in [0, 0.1) is 5.92 Å². The van der Waals surface area contributed by atoms with Crippen molar-refractivity contribution in [2.45, 2.75) is 33.1 Å². The Balaban J connectivity index is 2.01. The zero-order valence-electron chi connectivity index (χ0n) is 12.4. The molecule has 0 N–H and O–H groups in total. The van der Waals surface area contributed by atoms with Gasteiger partial charge < -0.3 is 0 Å². The largest absolute Gasteiger partial charge is 0.271 e. The van der Waals surface area contributed by atoms with Gasteiger partial charge in [0.1, 0.15) is 5.92 Å². The van der Waals surface area contributed by atoms with Crippen LogP contribution >= 0.6 is 0 Å². The first-order valence-corrected chi connectivity index (χ1v) is 7.44. The molecule has 0 aliphatic carbocycles. The Kier molecular flexibility index (Phi) is 3.69. The van der Waals surface area contributed by atoms with Gasteiger partial charge in [0.2, 0.25) is 0 Å². The lowest BCUT2D eigenvalue weighted by Crippen LogP contribution is -2.28. The van der Waals surface area contributed by atoms with Crippen LogP contribution in [0.25, 0.3) is 0 Å². The van der Waals surface area contributed by atoms with E-state index in [0.29, 0.717) is 0 Å². The molecule has 0 spiro atoms. The maximum Gasteiger partial charge on any atom is 0.260 e. The van der Waals surface area contributed by atoms with Crippen LogP contribution in [0.15, 0.2) is 52.2 Å². The van der Waals surface area contributed by atoms with Gasteiger partial charge in [-0.05, 0) is 38.0 Å². The van der Waals surface area contributed by atoms with Crippen LogP contribution in [0.4, 0.5) is 5.69 Å². The van der Waals surface area contributed by atoms with Gasteiger partial charge in [0.15, 0.2) is 0 Å². The normalized spacial score (nSPS) is 20.9. The zero-order chi connectivity index (χ0) is 14.8. The third kappa shape index (κ3) is 2.53. The molecule has 2 aliphatic heterocycles. The second-order valence-electron chi connectivity index (χ2n) is 5.44. The molecule has 0 radical (unpaired) electrons. The summed E-state index contributed by atoms with van der Waals surface area (Å²) in [6, 6.07) is 9.96. The third-order valence-corrected chi connectivity index (χ3v) is 3.78. The number of fused-ring (bicyclic) bond motifs is 1. The number of allylic oxidation sites excluding steroid dienone is 1. The standard InChI is InChI=1S/C17H19N3O/c1-3-4-10-14-16-15(11-12(2)18-17(16)21)20(19-14)13-8-6-5-7-9-13/h5-9,11,16H,3-4,10H2,1-2H3. The molecule has 4 nitrogen and oxygen atoms in total. The quantitative estimate of drug-likeness (QED) is 0.847. The van der Waals surface area contributed by atoms with Gasteiger partial charge in [-0.1, -0.05) is 31.5 Å². The lowest BCUT2D eigenvalue weighted by molar-refractivity contribution is -0.118. The van der Waals surface area contributed by atoms with E-state index < -0.39 is 0 Å². The second-order valence-corrected chi connectivity index (χ2v) is 5.44. The van der Waals surface area contributed by atoms with Crippen molar-refractivity contribution in [3.05, 3.63) is 42.1 Å². The average molecular weight is 281 g/mol. The van der Waals surface area contributed by atoms with Crippen LogP contribution in [0.2, 0.25) is 0 Å². The number of nitrogens with zero attached hydrogens (tertiary/aromatic N) is 3. The van der Waals surface area contributed by atoms with Crippen molar-refractivity contribution in [3.63, 3.8) is 0 Å². The van der Waals surface area contributed by atoms with Gasteiger partial charge in [-0.15, -0.1) is 0 Å². The molecular formula is C17H19N3O. The number of hydrazone groups is 1. The van der Waals surface area contributed by atoms with Crippen molar-refractivity contribution >= 4 is 23.0 Å². The van der Waals surface area contributed by atoms with Gasteiger partial charge in [0, 0.05) is 5.71 Å². The molecule has 1 atom stereocenters. The number of benzene rings is 1. The Morgan fingerprint density at radius 3 is 2.71 bits per heavy atom. The maximum absolute atomic E-state index is 12.3. The molecule has 0 saturated heterocycles. The summed E-state index contributed by atoms with van der Waals surface area (Å²) in [4.78, 5) is 16.4. The van der Waals surface area contributed by atoms with Gasteiger partial charge >= 0.3 is 0 Å². The summed E-state index contributed by atoms with van der Waals surface area (Å²) in [6.45, 7) is 4.00. The molecule has 1 aromatic rings. The Bertz CT molecular complexity index is 643. The molecular weight excluding hydrogens is 262 g/mol. The monoisotopic (exact) mass is 281 g/mol. The Hall–Kier alpha value is -2.23. The first kappa shape index (κ1) is 13.7. The lowest BCUT2D eigenvalue weighted by Gasteiger charge is -2.21. The molecule has 0 aromatic heterocycles. The van der Waals surface area contributed by atoms with Crippen molar-refractivity contribution in [1.82, 2.24) is 0 Å². The number of dihydropyridines is 1. The first-order chi connectivity index (χ1) is 10.2. The molecule has 0 fully saturated rings. The number of hydrogen-bond donors (Lipinski definition) is 0. The SMILES string of the molecule is CCCCC1=NN(c2ccccc2)C2=CC(C)=NC(=O)C21. The predicted octanol–water partition coefficient (Wildman–Crippen LogP) is 3.55. The fraction of sp³-hybridized carbons (Fsp3) is 0.353. The molecule has 0 bridgehead atoms. The maximum atomic E-state index is 12.3. The molecule has 1 unspecified atom stereocenters. The summed E-state index contributed by atoms with van der Waals surface area (Å²) in [6.07, 6.45) is 4.96. The summed E-state index contributed by atoms with van der Waals surface area (Å²) in [5.41, 5.74) is 3.61. The van der Waals surface area contributed by atoms with E-state index in [-0.39, 0.29) is 11.8 Å². The molecule has 1 aromatic carbocycles. The van der Waals surface area contributed by atoms with Crippen molar-refractivity contribution in [2.75, 3.05) is 5.01 Å². The minimum absolute atomic E-state index is 0.0849. The number of para-hydroxylation sites is 1. The number of carbonyl (C=O) groups excluding carboxylic acids is 1. The summed E-state index contributed by atoms with van der Waals surface area (Å²) in [5, 5.41) is 6.61. The van der Waals surface area contributed by atoms with Crippen LogP contribution < -0.4 is 5.01 Å². The lowest BCUT2D eigenvalue weighted by atomic mass is 9.93. The highest BCUT2D eigenvalue weighted by Gasteiger charge is 2.39. The Morgan fingerprint density at radius 1 is 1.24 bits per heavy atom. The molecule has 2 aliphatic rings. The fourth-order valence-corrected chi connectivity index (χ4v) is 2.76. The van der Waals surface area contributed by atoms with E-state index in [9.17, 15) is 4.79 Å². The van der Waals surface area contributed by atoms with E-state index in [0.717, 1.165) is 42.1 Å². The van der Waals surface area contributed by atoms with Crippen LogP contribution in [-0.4, -0.2) is 17.3 Å². The summed E-state index contributed by atoms with van der Waals surface area (Å²) >= 11 is 0. The van der Waals surface area contributed by atoms with Crippen molar-refractivity contribution in [2.24, 2.45) is 16.0 Å². The molecule has 0 saturated carbocycles. The zero-order valence-corrected chi connectivity index (χ0v) is 12.4. The van der Waals surface area contributed by atoms with Gasteiger partial charge in [-0.3, -0.25) is 4.79 Å². The number of rotatable bonds is 4. The van der Waals surface area contributed by atoms with E-state index in [1.807, 2.05) is 48.3 Å². The van der Waals surface area contributed by atoms with Crippen LogP contribution in [0.5, 0.6) is 0 Å². The Labute approximate surface area is 124 Å². The minimum atomic E-state index is -0.291. The third-order valence-electron chi connectivity index (χ3n) is 3.78. The molecule has 4 heteroatoms. The van der Waals surface area contributed by atoms with Crippen molar-refractivity contribution in [3.8, 4) is 0 Å². The number of amides is 1. The van der Waals surface area contributed by atoms with Crippen LogP contribution in [0.1, 0.15) is 33.1 Å².